The molecular weight excluding hydrogens is 340 g/mol. The fourth-order valence-electron chi connectivity index (χ4n) is 4.30. The van der Waals surface area contributed by atoms with E-state index in [0.29, 0.717) is 5.92 Å². The molecule has 1 fully saturated rings. The summed E-state index contributed by atoms with van der Waals surface area (Å²) in [6, 6.07) is 0. The van der Waals surface area contributed by atoms with E-state index >= 15 is 0 Å². The molecule has 4 nitrogen and oxygen atoms in total. The van der Waals surface area contributed by atoms with Crippen molar-refractivity contribution in [1.29, 1.82) is 0 Å². The summed E-state index contributed by atoms with van der Waals surface area (Å²) in [6.07, 6.45) is 7.72. The van der Waals surface area contributed by atoms with Gasteiger partial charge in [-0.2, -0.15) is 9.78 Å². The van der Waals surface area contributed by atoms with Gasteiger partial charge in [-0.05, 0) is 57.3 Å². The molecule has 0 aromatic carbocycles. The quantitative estimate of drug-likeness (QED) is 0.201. The molecule has 3 unspecified atom stereocenters. The van der Waals surface area contributed by atoms with Gasteiger partial charge < -0.3 is 0 Å². The fourth-order valence-corrected chi connectivity index (χ4v) is 4.30. The van der Waals surface area contributed by atoms with E-state index in [4.69, 9.17) is 19.6 Å². The van der Waals surface area contributed by atoms with Gasteiger partial charge in [0, 0.05) is 11.8 Å². The molecule has 0 saturated heterocycles. The van der Waals surface area contributed by atoms with Crippen molar-refractivity contribution in [2.75, 3.05) is 0 Å². The molecule has 1 aliphatic carbocycles. The van der Waals surface area contributed by atoms with E-state index < -0.39 is 5.79 Å². The van der Waals surface area contributed by atoms with E-state index in [0.717, 1.165) is 44.9 Å². The van der Waals surface area contributed by atoms with E-state index in [9.17, 15) is 0 Å². The summed E-state index contributed by atoms with van der Waals surface area (Å²) in [4.78, 5) is 24.9. The highest BCUT2D eigenvalue weighted by Crippen LogP contribution is 2.47. The highest BCUT2D eigenvalue weighted by Gasteiger charge is 2.53. The van der Waals surface area contributed by atoms with Gasteiger partial charge in [0.1, 0.15) is 11.2 Å². The van der Waals surface area contributed by atoms with Gasteiger partial charge in [0.05, 0.1) is 0 Å². The minimum atomic E-state index is -0.868. The van der Waals surface area contributed by atoms with Gasteiger partial charge in [0.2, 0.25) is 5.79 Å². The first-order valence-electron chi connectivity index (χ1n) is 11.5. The maximum atomic E-state index is 6.29. The van der Waals surface area contributed by atoms with E-state index in [2.05, 4.69) is 62.3 Å². The Kier molecular flexibility index (Phi) is 9.74. The van der Waals surface area contributed by atoms with E-state index in [1.807, 2.05) is 0 Å². The Labute approximate surface area is 168 Å². The van der Waals surface area contributed by atoms with Crippen molar-refractivity contribution in [3.8, 4) is 0 Å². The molecule has 0 N–H and O–H groups in total. The first-order chi connectivity index (χ1) is 12.7. The smallest absolute Gasteiger partial charge is 0.227 e. The fraction of sp³-hybridized carbons (Fsp3) is 1.00. The lowest BCUT2D eigenvalue weighted by molar-refractivity contribution is -0.573. The minimum absolute atomic E-state index is 0.188. The molecular formula is C23H46O4. The van der Waals surface area contributed by atoms with Gasteiger partial charge >= 0.3 is 0 Å². The predicted octanol–water partition coefficient (Wildman–Crippen LogP) is 7.22. The molecule has 0 spiro atoms. The zero-order valence-corrected chi connectivity index (χ0v) is 19.5. The maximum Gasteiger partial charge on any atom is 0.239 e. The Balaban J connectivity index is 3.13. The first kappa shape index (κ1) is 24.9. The predicted molar refractivity (Wildman–Crippen MR) is 111 cm³/mol. The van der Waals surface area contributed by atoms with Crippen molar-refractivity contribution in [2.45, 2.75) is 131 Å². The molecule has 4 heteroatoms. The third-order valence-corrected chi connectivity index (χ3v) is 7.79. The van der Waals surface area contributed by atoms with Crippen molar-refractivity contribution in [3.05, 3.63) is 0 Å². The lowest BCUT2D eigenvalue weighted by Crippen LogP contribution is -2.55. The molecule has 162 valence electrons. The number of hydrogen-bond acceptors (Lipinski definition) is 4. The average Bonchev–Trinajstić information content (AvgIpc) is 2.71. The van der Waals surface area contributed by atoms with E-state index in [1.165, 1.54) is 6.42 Å². The molecule has 3 atom stereocenters. The SMILES string of the molecule is CCC(CC)(CC)OOC1(OOC(CC)(CC)CC)C(C)CCC(C)C1C. The Morgan fingerprint density at radius 3 is 1.37 bits per heavy atom. The molecule has 0 aromatic heterocycles. The second-order valence-electron chi connectivity index (χ2n) is 8.79. The Morgan fingerprint density at radius 1 is 0.667 bits per heavy atom. The molecule has 27 heavy (non-hydrogen) atoms. The van der Waals surface area contributed by atoms with Crippen LogP contribution in [0.5, 0.6) is 0 Å². The van der Waals surface area contributed by atoms with Crippen LogP contribution in [0.2, 0.25) is 0 Å². The standard InChI is InChI=1S/C23H46O4/c1-10-21(11-2,12-3)24-26-23(19(8)17-16-18(7)20(23)9)27-25-22(13-4,14-5)15-6/h18-20H,10-17H2,1-9H3. The number of hydrogen-bond donors (Lipinski definition) is 0. The topological polar surface area (TPSA) is 36.9 Å². The summed E-state index contributed by atoms with van der Waals surface area (Å²) < 4.78 is 0. The Hall–Kier alpha value is -0.160. The van der Waals surface area contributed by atoms with Gasteiger partial charge in [-0.1, -0.05) is 62.3 Å². The number of rotatable bonds is 12. The van der Waals surface area contributed by atoms with Crippen LogP contribution in [-0.2, 0) is 19.6 Å². The van der Waals surface area contributed by atoms with E-state index in [1.54, 1.807) is 0 Å². The molecule has 1 aliphatic rings. The van der Waals surface area contributed by atoms with Crippen LogP contribution in [-0.4, -0.2) is 17.0 Å². The van der Waals surface area contributed by atoms with Crippen LogP contribution in [0.1, 0.15) is 114 Å². The minimum Gasteiger partial charge on any atom is -0.227 e. The van der Waals surface area contributed by atoms with Crippen LogP contribution < -0.4 is 0 Å². The summed E-state index contributed by atoms with van der Waals surface area (Å²) in [6.45, 7) is 19.6. The summed E-state index contributed by atoms with van der Waals surface area (Å²) in [5.74, 6) is 0.0164. The third kappa shape index (κ3) is 5.26. The van der Waals surface area contributed by atoms with Crippen LogP contribution in [0.15, 0.2) is 0 Å². The first-order valence-corrected chi connectivity index (χ1v) is 11.5. The van der Waals surface area contributed by atoms with Crippen LogP contribution in [0.3, 0.4) is 0 Å². The molecule has 0 aromatic rings. The molecule has 0 aliphatic heterocycles. The third-order valence-electron chi connectivity index (χ3n) is 7.79. The van der Waals surface area contributed by atoms with Gasteiger partial charge in [-0.3, -0.25) is 0 Å². The zero-order valence-electron chi connectivity index (χ0n) is 19.5. The van der Waals surface area contributed by atoms with Crippen molar-refractivity contribution in [3.63, 3.8) is 0 Å². The Morgan fingerprint density at radius 2 is 1.04 bits per heavy atom. The van der Waals surface area contributed by atoms with Gasteiger partial charge in [0.25, 0.3) is 0 Å². The summed E-state index contributed by atoms with van der Waals surface area (Å²) >= 11 is 0. The van der Waals surface area contributed by atoms with Crippen LogP contribution in [0, 0.1) is 17.8 Å². The molecule has 0 radical (unpaired) electrons. The zero-order chi connectivity index (χ0) is 20.7. The average molecular weight is 387 g/mol. The summed E-state index contributed by atoms with van der Waals surface area (Å²) in [5.41, 5.74) is -0.540. The van der Waals surface area contributed by atoms with Crippen LogP contribution in [0.4, 0.5) is 0 Å². The molecule has 0 bridgehead atoms. The second-order valence-corrected chi connectivity index (χ2v) is 8.79. The van der Waals surface area contributed by atoms with Crippen LogP contribution in [0.25, 0.3) is 0 Å². The largest absolute Gasteiger partial charge is 0.239 e. The van der Waals surface area contributed by atoms with E-state index in [-0.39, 0.29) is 23.0 Å². The second kappa shape index (κ2) is 10.6. The maximum absolute atomic E-state index is 6.29. The van der Waals surface area contributed by atoms with Crippen molar-refractivity contribution in [1.82, 2.24) is 0 Å². The molecule has 0 heterocycles. The lowest BCUT2D eigenvalue weighted by atomic mass is 9.71. The lowest BCUT2D eigenvalue weighted by Gasteiger charge is -2.49. The summed E-state index contributed by atoms with van der Waals surface area (Å²) in [5, 5.41) is 0. The molecule has 1 saturated carbocycles. The van der Waals surface area contributed by atoms with Crippen molar-refractivity contribution >= 4 is 0 Å². The highest BCUT2D eigenvalue weighted by molar-refractivity contribution is 4.89. The highest BCUT2D eigenvalue weighted by atomic mass is 17.3. The summed E-state index contributed by atoms with van der Waals surface area (Å²) in [7, 11) is 0. The molecule has 1 rings (SSSR count). The van der Waals surface area contributed by atoms with Crippen molar-refractivity contribution in [2.24, 2.45) is 17.8 Å². The van der Waals surface area contributed by atoms with Crippen molar-refractivity contribution < 1.29 is 19.6 Å². The normalized spacial score (nSPS) is 26.3. The van der Waals surface area contributed by atoms with Gasteiger partial charge in [0.15, 0.2) is 0 Å². The Bertz CT molecular complexity index is 374. The van der Waals surface area contributed by atoms with Gasteiger partial charge in [-0.25, -0.2) is 9.78 Å². The van der Waals surface area contributed by atoms with Gasteiger partial charge in [-0.15, -0.1) is 0 Å². The van der Waals surface area contributed by atoms with Crippen LogP contribution >= 0.6 is 0 Å². The monoisotopic (exact) mass is 386 g/mol. The molecule has 0 amide bonds.